The van der Waals surface area contributed by atoms with E-state index in [-0.39, 0.29) is 5.91 Å². The number of hydrogen-bond donors (Lipinski definition) is 0. The molecule has 0 saturated carbocycles. The number of anilines is 2. The van der Waals surface area contributed by atoms with Crippen LogP contribution in [-0.4, -0.2) is 67.3 Å². The molecule has 1 amide bonds. The Kier molecular flexibility index (Phi) is 5.29. The van der Waals surface area contributed by atoms with Gasteiger partial charge in [0.2, 0.25) is 11.9 Å². The number of carbonyl (C=O) groups is 1. The summed E-state index contributed by atoms with van der Waals surface area (Å²) in [5, 5.41) is 0.398. The van der Waals surface area contributed by atoms with E-state index in [1.165, 1.54) is 23.6 Å². The van der Waals surface area contributed by atoms with Gasteiger partial charge >= 0.3 is 0 Å². The molecule has 21 heavy (non-hydrogen) atoms. The van der Waals surface area contributed by atoms with Crippen molar-refractivity contribution in [2.75, 3.05) is 56.3 Å². The second-order valence-electron chi connectivity index (χ2n) is 5.04. The molecule has 1 aromatic heterocycles. The van der Waals surface area contributed by atoms with Crippen molar-refractivity contribution in [3.05, 3.63) is 5.15 Å². The van der Waals surface area contributed by atoms with Crippen LogP contribution in [0.25, 0.3) is 0 Å². The van der Waals surface area contributed by atoms with E-state index in [1.54, 1.807) is 7.05 Å². The lowest BCUT2D eigenvalue weighted by atomic mass is 10.3. The zero-order valence-corrected chi connectivity index (χ0v) is 14.3. The number of carbonyl (C=O) groups excluding carboxylic acids is 1. The van der Waals surface area contributed by atoms with Crippen LogP contribution in [0, 0.1) is 0 Å². The maximum atomic E-state index is 11.5. The zero-order chi connectivity index (χ0) is 15.6. The maximum Gasteiger partial charge on any atom is 0.235 e. The predicted molar refractivity (Wildman–Crippen MR) is 87.6 cm³/mol. The molecule has 6 nitrogen and oxygen atoms in total. The Morgan fingerprint density at radius 2 is 1.90 bits per heavy atom. The summed E-state index contributed by atoms with van der Waals surface area (Å²) in [4.78, 5) is 27.1. The lowest BCUT2D eigenvalue weighted by molar-refractivity contribution is -0.116. The Morgan fingerprint density at radius 1 is 1.29 bits per heavy atom. The van der Waals surface area contributed by atoms with Crippen LogP contribution < -0.4 is 9.80 Å². The third kappa shape index (κ3) is 3.59. The highest BCUT2D eigenvalue weighted by Crippen LogP contribution is 2.34. The number of amides is 1. The van der Waals surface area contributed by atoms with Crippen molar-refractivity contribution in [3.63, 3.8) is 0 Å². The average molecular weight is 330 g/mol. The molecular weight excluding hydrogens is 310 g/mol. The minimum atomic E-state index is -0.118. The molecule has 1 saturated heterocycles. The summed E-state index contributed by atoms with van der Waals surface area (Å²) in [6.07, 6.45) is 1.96. The van der Waals surface area contributed by atoms with Gasteiger partial charge in [0.15, 0.2) is 0 Å². The van der Waals surface area contributed by atoms with Crippen LogP contribution in [0.4, 0.5) is 11.8 Å². The van der Waals surface area contributed by atoms with Crippen LogP contribution >= 0.6 is 23.4 Å². The predicted octanol–water partition coefficient (Wildman–Crippen LogP) is 1.59. The van der Waals surface area contributed by atoms with Crippen molar-refractivity contribution in [1.82, 2.24) is 14.9 Å². The molecular formula is C13H20ClN5OS. The summed E-state index contributed by atoms with van der Waals surface area (Å²) in [7, 11) is 3.76. The van der Waals surface area contributed by atoms with Gasteiger partial charge in [-0.25, -0.2) is 0 Å². The van der Waals surface area contributed by atoms with Gasteiger partial charge in [-0.2, -0.15) is 9.97 Å². The number of thioether (sulfide) groups is 1. The van der Waals surface area contributed by atoms with E-state index in [9.17, 15) is 4.79 Å². The third-order valence-corrected chi connectivity index (χ3v) is 4.74. The summed E-state index contributed by atoms with van der Waals surface area (Å²) in [5.74, 6) is 1.05. The van der Waals surface area contributed by atoms with Crippen molar-refractivity contribution in [2.24, 2.45) is 0 Å². The van der Waals surface area contributed by atoms with E-state index in [1.807, 2.05) is 6.26 Å². The number of halogens is 1. The van der Waals surface area contributed by atoms with Crippen LogP contribution in [0.2, 0.25) is 5.15 Å². The smallest absolute Gasteiger partial charge is 0.235 e. The Bertz CT molecular complexity index is 534. The van der Waals surface area contributed by atoms with Gasteiger partial charge in [-0.3, -0.25) is 9.69 Å². The van der Waals surface area contributed by atoms with Crippen LogP contribution in [-0.2, 0) is 4.79 Å². The molecule has 0 spiro atoms. The first-order valence-corrected chi connectivity index (χ1v) is 8.33. The number of piperazine rings is 1. The fraction of sp³-hybridized carbons (Fsp3) is 0.615. The summed E-state index contributed by atoms with van der Waals surface area (Å²) in [5.41, 5.74) is 0. The van der Waals surface area contributed by atoms with E-state index < -0.39 is 0 Å². The molecule has 0 atom stereocenters. The standard InChI is InChI=1S/C13H20ClN5OS/c1-9(20)18(3)13-15-11(14)10(21-4)12(16-13)19-7-5-17(2)6-8-19/h5-8H2,1-4H3. The Balaban J connectivity index is 2.39. The second kappa shape index (κ2) is 6.81. The fourth-order valence-electron chi connectivity index (χ4n) is 2.10. The van der Waals surface area contributed by atoms with Gasteiger partial charge in [-0.15, -0.1) is 11.8 Å². The first-order chi connectivity index (χ1) is 9.93. The lowest BCUT2D eigenvalue weighted by Gasteiger charge is -2.34. The molecule has 0 bridgehead atoms. The van der Waals surface area contributed by atoms with Gasteiger partial charge in [0, 0.05) is 40.2 Å². The van der Waals surface area contributed by atoms with Crippen LogP contribution in [0.5, 0.6) is 0 Å². The molecule has 2 rings (SSSR count). The highest BCUT2D eigenvalue weighted by atomic mass is 35.5. The Labute approximate surface area is 134 Å². The van der Waals surface area contributed by atoms with E-state index >= 15 is 0 Å². The van der Waals surface area contributed by atoms with E-state index in [0.29, 0.717) is 11.1 Å². The molecule has 8 heteroatoms. The van der Waals surface area contributed by atoms with Crippen LogP contribution in [0.3, 0.4) is 0 Å². The largest absolute Gasteiger partial charge is 0.353 e. The van der Waals surface area contributed by atoms with E-state index in [4.69, 9.17) is 11.6 Å². The molecule has 0 aliphatic carbocycles. The molecule has 0 N–H and O–H groups in total. The minimum absolute atomic E-state index is 0.118. The van der Waals surface area contributed by atoms with E-state index in [0.717, 1.165) is 36.9 Å². The topological polar surface area (TPSA) is 52.6 Å². The monoisotopic (exact) mass is 329 g/mol. The molecule has 1 aliphatic rings. The van der Waals surface area contributed by atoms with Gasteiger partial charge in [0.1, 0.15) is 11.0 Å². The number of aromatic nitrogens is 2. The van der Waals surface area contributed by atoms with Gasteiger partial charge < -0.3 is 9.80 Å². The normalized spacial score (nSPS) is 16.1. The molecule has 1 aliphatic heterocycles. The van der Waals surface area contributed by atoms with Crippen molar-refractivity contribution in [3.8, 4) is 0 Å². The Hall–Kier alpha value is -1.05. The number of likely N-dealkylation sites (N-methyl/N-ethyl adjacent to an activating group) is 1. The first-order valence-electron chi connectivity index (χ1n) is 6.73. The quantitative estimate of drug-likeness (QED) is 0.620. The van der Waals surface area contributed by atoms with Crippen LogP contribution in [0.1, 0.15) is 6.92 Å². The van der Waals surface area contributed by atoms with Gasteiger partial charge in [0.05, 0.1) is 4.90 Å². The molecule has 116 valence electrons. The summed E-state index contributed by atoms with van der Waals surface area (Å²) in [6.45, 7) is 5.22. The molecule has 1 fully saturated rings. The van der Waals surface area contributed by atoms with Gasteiger partial charge in [-0.05, 0) is 13.3 Å². The molecule has 1 aromatic rings. The number of rotatable bonds is 3. The summed E-state index contributed by atoms with van der Waals surface area (Å²) in [6, 6.07) is 0. The fourth-order valence-corrected chi connectivity index (χ4v) is 3.06. The lowest BCUT2D eigenvalue weighted by Crippen LogP contribution is -2.45. The van der Waals surface area contributed by atoms with Crippen LogP contribution in [0.15, 0.2) is 4.90 Å². The molecule has 0 unspecified atom stereocenters. The van der Waals surface area contributed by atoms with Crippen molar-refractivity contribution in [2.45, 2.75) is 11.8 Å². The molecule has 0 aromatic carbocycles. The first kappa shape index (κ1) is 16.3. The number of nitrogens with zero attached hydrogens (tertiary/aromatic N) is 5. The minimum Gasteiger partial charge on any atom is -0.353 e. The summed E-state index contributed by atoms with van der Waals surface area (Å²) < 4.78 is 0. The maximum absolute atomic E-state index is 11.5. The Morgan fingerprint density at radius 3 is 2.43 bits per heavy atom. The number of hydrogen-bond acceptors (Lipinski definition) is 6. The molecule has 0 radical (unpaired) electrons. The van der Waals surface area contributed by atoms with E-state index in [2.05, 4.69) is 26.8 Å². The highest BCUT2D eigenvalue weighted by molar-refractivity contribution is 7.98. The van der Waals surface area contributed by atoms with Crippen molar-refractivity contribution < 1.29 is 4.79 Å². The van der Waals surface area contributed by atoms with Crippen molar-refractivity contribution in [1.29, 1.82) is 0 Å². The SMILES string of the molecule is CSc1c(Cl)nc(N(C)C(C)=O)nc1N1CCN(C)CC1. The third-order valence-electron chi connectivity index (χ3n) is 3.57. The summed E-state index contributed by atoms with van der Waals surface area (Å²) >= 11 is 7.81. The van der Waals surface area contributed by atoms with Gasteiger partial charge in [-0.1, -0.05) is 11.6 Å². The van der Waals surface area contributed by atoms with Crippen molar-refractivity contribution >= 4 is 41.0 Å². The molecule has 2 heterocycles. The second-order valence-corrected chi connectivity index (χ2v) is 6.21. The average Bonchev–Trinajstić information content (AvgIpc) is 2.46. The zero-order valence-electron chi connectivity index (χ0n) is 12.8. The highest BCUT2D eigenvalue weighted by Gasteiger charge is 2.23. The van der Waals surface area contributed by atoms with Gasteiger partial charge in [0.25, 0.3) is 0 Å².